The highest BCUT2D eigenvalue weighted by Crippen LogP contribution is 2.05. The van der Waals surface area contributed by atoms with Crippen molar-refractivity contribution >= 4 is 11.8 Å². The van der Waals surface area contributed by atoms with Gasteiger partial charge < -0.3 is 10.2 Å². The van der Waals surface area contributed by atoms with Gasteiger partial charge in [-0.1, -0.05) is 30.3 Å². The molecular weight excluding hydrogens is 240 g/mol. The number of hydrogen-bond acceptors (Lipinski definition) is 2. The fourth-order valence-corrected chi connectivity index (χ4v) is 1.71. The minimum absolute atomic E-state index is 0.0848. The molecule has 4 heteroatoms. The Labute approximate surface area is 114 Å². The molecular formula is C15H22N2O2. The molecule has 0 aliphatic rings. The lowest BCUT2D eigenvalue weighted by molar-refractivity contribution is -0.135. The normalized spacial score (nSPS) is 10.9. The molecule has 0 bridgehead atoms. The van der Waals surface area contributed by atoms with E-state index >= 15 is 0 Å². The molecule has 1 N–H and O–H groups in total. The van der Waals surface area contributed by atoms with E-state index in [9.17, 15) is 9.59 Å². The van der Waals surface area contributed by atoms with Gasteiger partial charge in [0.2, 0.25) is 11.8 Å². The van der Waals surface area contributed by atoms with Crippen LogP contribution in [0.2, 0.25) is 0 Å². The van der Waals surface area contributed by atoms with Crippen LogP contribution in [0.3, 0.4) is 0 Å². The monoisotopic (exact) mass is 262 g/mol. The first-order chi connectivity index (χ1) is 8.78. The molecule has 0 heterocycles. The van der Waals surface area contributed by atoms with Gasteiger partial charge in [0.15, 0.2) is 0 Å². The summed E-state index contributed by atoms with van der Waals surface area (Å²) in [5, 5.41) is 2.86. The number of rotatable bonds is 4. The third-order valence-electron chi connectivity index (χ3n) is 2.51. The van der Waals surface area contributed by atoms with Crippen molar-refractivity contribution in [2.45, 2.75) is 39.8 Å². The highest BCUT2D eigenvalue weighted by molar-refractivity contribution is 5.84. The van der Waals surface area contributed by atoms with Crippen LogP contribution < -0.4 is 5.32 Å². The summed E-state index contributed by atoms with van der Waals surface area (Å²) < 4.78 is 0. The maximum Gasteiger partial charge on any atom is 0.240 e. The largest absolute Gasteiger partial charge is 0.350 e. The summed E-state index contributed by atoms with van der Waals surface area (Å²) in [4.78, 5) is 25.0. The predicted octanol–water partition coefficient (Wildman–Crippen LogP) is 1.95. The Hall–Kier alpha value is -1.84. The maximum absolute atomic E-state index is 11.9. The van der Waals surface area contributed by atoms with E-state index in [1.807, 2.05) is 51.1 Å². The SMILES string of the molecule is CC(=O)N(CC(=O)NC(C)(C)C)Cc1ccccc1. The third-order valence-corrected chi connectivity index (χ3v) is 2.51. The van der Waals surface area contributed by atoms with E-state index in [0.29, 0.717) is 6.54 Å². The molecule has 0 unspecified atom stereocenters. The van der Waals surface area contributed by atoms with Gasteiger partial charge in [-0.15, -0.1) is 0 Å². The van der Waals surface area contributed by atoms with Gasteiger partial charge in [-0.05, 0) is 26.3 Å². The molecule has 0 saturated carbocycles. The summed E-state index contributed by atoms with van der Waals surface area (Å²) in [6.45, 7) is 7.77. The zero-order chi connectivity index (χ0) is 14.5. The van der Waals surface area contributed by atoms with Crippen molar-refractivity contribution in [3.8, 4) is 0 Å². The minimum atomic E-state index is -0.285. The number of nitrogens with one attached hydrogen (secondary N) is 1. The van der Waals surface area contributed by atoms with Gasteiger partial charge in [0.25, 0.3) is 0 Å². The lowest BCUT2D eigenvalue weighted by Gasteiger charge is -2.25. The van der Waals surface area contributed by atoms with E-state index < -0.39 is 0 Å². The molecule has 19 heavy (non-hydrogen) atoms. The van der Waals surface area contributed by atoms with Crippen LogP contribution in [0.4, 0.5) is 0 Å². The Morgan fingerprint density at radius 3 is 2.21 bits per heavy atom. The Kier molecular flexibility index (Phi) is 5.10. The quantitative estimate of drug-likeness (QED) is 0.901. The second-order valence-corrected chi connectivity index (χ2v) is 5.66. The Morgan fingerprint density at radius 2 is 1.74 bits per heavy atom. The molecule has 0 fully saturated rings. The van der Waals surface area contributed by atoms with Gasteiger partial charge in [-0.2, -0.15) is 0 Å². The van der Waals surface area contributed by atoms with Crippen LogP contribution in [0, 0.1) is 0 Å². The molecule has 0 saturated heterocycles. The molecule has 0 aliphatic heterocycles. The Bertz CT molecular complexity index is 435. The lowest BCUT2D eigenvalue weighted by Crippen LogP contribution is -2.46. The highest BCUT2D eigenvalue weighted by Gasteiger charge is 2.18. The topological polar surface area (TPSA) is 49.4 Å². The van der Waals surface area contributed by atoms with Crippen molar-refractivity contribution in [3.05, 3.63) is 35.9 Å². The Balaban J connectivity index is 2.64. The van der Waals surface area contributed by atoms with E-state index in [2.05, 4.69) is 5.32 Å². The van der Waals surface area contributed by atoms with Gasteiger partial charge in [-0.3, -0.25) is 9.59 Å². The van der Waals surface area contributed by atoms with E-state index in [4.69, 9.17) is 0 Å². The van der Waals surface area contributed by atoms with E-state index in [0.717, 1.165) is 5.56 Å². The number of amides is 2. The van der Waals surface area contributed by atoms with Gasteiger partial charge in [-0.25, -0.2) is 0 Å². The number of hydrogen-bond donors (Lipinski definition) is 1. The molecule has 104 valence electrons. The van der Waals surface area contributed by atoms with Crippen molar-refractivity contribution in [3.63, 3.8) is 0 Å². The first-order valence-electron chi connectivity index (χ1n) is 6.38. The molecule has 1 rings (SSSR count). The van der Waals surface area contributed by atoms with Gasteiger partial charge in [0.05, 0.1) is 6.54 Å². The molecule has 4 nitrogen and oxygen atoms in total. The first kappa shape index (κ1) is 15.2. The summed E-state index contributed by atoms with van der Waals surface area (Å²) >= 11 is 0. The van der Waals surface area contributed by atoms with Crippen LogP contribution in [0.5, 0.6) is 0 Å². The first-order valence-corrected chi connectivity index (χ1v) is 6.38. The average Bonchev–Trinajstić information content (AvgIpc) is 2.26. The van der Waals surface area contributed by atoms with Crippen molar-refractivity contribution in [2.24, 2.45) is 0 Å². The predicted molar refractivity (Wildman–Crippen MR) is 75.4 cm³/mol. The minimum Gasteiger partial charge on any atom is -0.350 e. The average molecular weight is 262 g/mol. The molecule has 2 amide bonds. The van der Waals surface area contributed by atoms with Crippen molar-refractivity contribution < 1.29 is 9.59 Å². The second kappa shape index (κ2) is 6.36. The smallest absolute Gasteiger partial charge is 0.240 e. The van der Waals surface area contributed by atoms with Crippen LogP contribution in [0.25, 0.3) is 0 Å². The van der Waals surface area contributed by atoms with E-state index in [1.165, 1.54) is 11.8 Å². The second-order valence-electron chi connectivity index (χ2n) is 5.66. The maximum atomic E-state index is 11.9. The van der Waals surface area contributed by atoms with Crippen molar-refractivity contribution in [1.82, 2.24) is 10.2 Å². The molecule has 1 aromatic carbocycles. The zero-order valence-electron chi connectivity index (χ0n) is 12.1. The molecule has 0 spiro atoms. The Morgan fingerprint density at radius 1 is 1.16 bits per heavy atom. The molecule has 0 aliphatic carbocycles. The molecule has 0 atom stereocenters. The van der Waals surface area contributed by atoms with Gasteiger partial charge in [0.1, 0.15) is 0 Å². The number of carbonyl (C=O) groups is 2. The fraction of sp³-hybridized carbons (Fsp3) is 0.467. The van der Waals surface area contributed by atoms with Crippen LogP contribution >= 0.6 is 0 Å². The summed E-state index contributed by atoms with van der Waals surface area (Å²) in [5.74, 6) is -0.244. The zero-order valence-corrected chi connectivity index (χ0v) is 12.1. The molecule has 0 radical (unpaired) electrons. The van der Waals surface area contributed by atoms with Crippen molar-refractivity contribution in [2.75, 3.05) is 6.54 Å². The number of nitrogens with zero attached hydrogens (tertiary/aromatic N) is 1. The highest BCUT2D eigenvalue weighted by atomic mass is 16.2. The standard InChI is InChI=1S/C15H22N2O2/c1-12(18)17(10-13-8-6-5-7-9-13)11-14(19)16-15(2,3)4/h5-9H,10-11H2,1-4H3,(H,16,19). The summed E-state index contributed by atoms with van der Waals surface area (Å²) in [7, 11) is 0. The van der Waals surface area contributed by atoms with Crippen LogP contribution in [-0.4, -0.2) is 28.8 Å². The fourth-order valence-electron chi connectivity index (χ4n) is 1.71. The van der Waals surface area contributed by atoms with E-state index in [-0.39, 0.29) is 23.9 Å². The molecule has 1 aromatic rings. The van der Waals surface area contributed by atoms with Crippen LogP contribution in [-0.2, 0) is 16.1 Å². The van der Waals surface area contributed by atoms with Gasteiger partial charge >= 0.3 is 0 Å². The number of benzene rings is 1. The third kappa shape index (κ3) is 6.04. The van der Waals surface area contributed by atoms with E-state index in [1.54, 1.807) is 0 Å². The van der Waals surface area contributed by atoms with Crippen LogP contribution in [0.15, 0.2) is 30.3 Å². The lowest BCUT2D eigenvalue weighted by atomic mass is 10.1. The van der Waals surface area contributed by atoms with Gasteiger partial charge in [0, 0.05) is 19.0 Å². The summed E-state index contributed by atoms with van der Waals surface area (Å²) in [6.07, 6.45) is 0. The van der Waals surface area contributed by atoms with Crippen LogP contribution in [0.1, 0.15) is 33.3 Å². The van der Waals surface area contributed by atoms with Crippen molar-refractivity contribution in [1.29, 1.82) is 0 Å². The summed E-state index contributed by atoms with van der Waals surface area (Å²) in [6, 6.07) is 9.65. The molecule has 0 aromatic heterocycles. The number of carbonyl (C=O) groups excluding carboxylic acids is 2. The summed E-state index contributed by atoms with van der Waals surface area (Å²) in [5.41, 5.74) is 0.730.